The lowest BCUT2D eigenvalue weighted by atomic mass is 9.92. The van der Waals surface area contributed by atoms with Gasteiger partial charge in [-0.1, -0.05) is 57.2 Å². The maximum absolute atomic E-state index is 13.4. The normalized spacial score (nSPS) is 11.3. The number of rotatable bonds is 10. The number of fused-ring (bicyclic) bond motifs is 1. The van der Waals surface area contributed by atoms with Crippen molar-refractivity contribution >= 4 is 39.9 Å². The molecule has 6 rings (SSSR count). The third-order valence-corrected chi connectivity index (χ3v) is 7.45. The van der Waals surface area contributed by atoms with Gasteiger partial charge in [-0.25, -0.2) is 19.4 Å². The van der Waals surface area contributed by atoms with Crippen molar-refractivity contribution < 1.29 is 14.6 Å². The maximum Gasteiger partial charge on any atom is 0.324 e. The molecular formula is C36H36N8O3. The number of nitrogens with one attached hydrogen (secondary N) is 3. The van der Waals surface area contributed by atoms with Crippen molar-refractivity contribution in [3.05, 3.63) is 120 Å². The van der Waals surface area contributed by atoms with Gasteiger partial charge < -0.3 is 20.5 Å². The number of aliphatic hydroxyl groups is 1. The number of hydrogen-bond acceptors (Lipinski definition) is 8. The Morgan fingerprint density at radius 3 is 2.47 bits per heavy atom. The average molecular weight is 629 g/mol. The van der Waals surface area contributed by atoms with Crippen LogP contribution in [0.2, 0.25) is 0 Å². The number of pyridine rings is 1. The molecule has 3 heterocycles. The number of anilines is 4. The number of benzene rings is 3. The standard InChI is InChI=1S/C36H36N8O3/c1-36(2,3)31-21-34(44(43-31)26-8-6-7-24(19-26)14-18-45)42-35(46)40-29-11-12-30(28-10-5-4-9-27(28)29)47-23-25-13-15-38-32(20-25)41-33-22-37-16-17-39-33/h4-13,15-17,19-22,45H,14,18,23H2,1-3H3,(H,38,39,41)(H2,40,42,46). The first-order valence-electron chi connectivity index (χ1n) is 15.3. The van der Waals surface area contributed by atoms with Gasteiger partial charge in [-0.05, 0) is 53.9 Å². The highest BCUT2D eigenvalue weighted by Crippen LogP contribution is 2.33. The lowest BCUT2D eigenvalue weighted by molar-refractivity contribution is 0.262. The van der Waals surface area contributed by atoms with E-state index in [-0.39, 0.29) is 12.0 Å². The second-order valence-corrected chi connectivity index (χ2v) is 12.0. The van der Waals surface area contributed by atoms with Crippen molar-refractivity contribution in [2.45, 2.75) is 39.2 Å². The van der Waals surface area contributed by atoms with E-state index in [1.165, 1.54) is 0 Å². The molecule has 11 heteroatoms. The fourth-order valence-corrected chi connectivity index (χ4v) is 5.07. The van der Waals surface area contributed by atoms with Crippen LogP contribution in [0.4, 0.5) is 27.9 Å². The van der Waals surface area contributed by atoms with Gasteiger partial charge in [0.2, 0.25) is 0 Å². The molecule has 0 unspecified atom stereocenters. The van der Waals surface area contributed by atoms with Crippen LogP contribution in [0.1, 0.15) is 37.6 Å². The van der Waals surface area contributed by atoms with Gasteiger partial charge in [0, 0.05) is 47.5 Å². The summed E-state index contributed by atoms with van der Waals surface area (Å²) in [5.41, 5.74) is 3.92. The third-order valence-electron chi connectivity index (χ3n) is 7.45. The van der Waals surface area contributed by atoms with E-state index in [4.69, 9.17) is 9.84 Å². The SMILES string of the molecule is CC(C)(C)c1cc(NC(=O)Nc2ccc(OCc3ccnc(Nc4cnccn4)c3)c3ccccc23)n(-c2cccc(CCO)c2)n1. The van der Waals surface area contributed by atoms with Crippen LogP contribution in [0.25, 0.3) is 16.5 Å². The van der Waals surface area contributed by atoms with Gasteiger partial charge in [0.1, 0.15) is 29.8 Å². The van der Waals surface area contributed by atoms with Crippen molar-refractivity contribution in [2.24, 2.45) is 0 Å². The molecule has 11 nitrogen and oxygen atoms in total. The minimum absolute atomic E-state index is 0.0496. The first-order chi connectivity index (χ1) is 22.8. The van der Waals surface area contributed by atoms with E-state index in [1.807, 2.05) is 78.9 Å². The Labute approximate surface area is 272 Å². The third kappa shape index (κ3) is 7.54. The predicted octanol–water partition coefficient (Wildman–Crippen LogP) is 7.01. The number of carbonyl (C=O) groups excluding carboxylic acids is 1. The monoisotopic (exact) mass is 628 g/mol. The van der Waals surface area contributed by atoms with Crippen LogP contribution in [0.15, 0.2) is 104 Å². The zero-order valence-electron chi connectivity index (χ0n) is 26.4. The summed E-state index contributed by atoms with van der Waals surface area (Å²) in [7, 11) is 0. The van der Waals surface area contributed by atoms with Crippen LogP contribution in [0, 0.1) is 0 Å². The number of aliphatic hydroxyl groups excluding tert-OH is 1. The molecule has 0 atom stereocenters. The van der Waals surface area contributed by atoms with Crippen LogP contribution < -0.4 is 20.7 Å². The van der Waals surface area contributed by atoms with Crippen LogP contribution in [-0.2, 0) is 18.4 Å². The van der Waals surface area contributed by atoms with Gasteiger partial charge in [0.25, 0.3) is 0 Å². The summed E-state index contributed by atoms with van der Waals surface area (Å²) in [6.45, 7) is 6.59. The molecular weight excluding hydrogens is 592 g/mol. The summed E-state index contributed by atoms with van der Waals surface area (Å²) >= 11 is 0. The molecule has 0 saturated heterocycles. The van der Waals surface area contributed by atoms with Gasteiger partial charge >= 0.3 is 6.03 Å². The lowest BCUT2D eigenvalue weighted by Crippen LogP contribution is -2.21. The molecule has 0 bridgehead atoms. The molecule has 0 radical (unpaired) electrons. The Hall–Kier alpha value is -5.81. The largest absolute Gasteiger partial charge is 0.488 e. The fraction of sp³-hybridized carbons (Fsp3) is 0.194. The van der Waals surface area contributed by atoms with Crippen LogP contribution in [0.5, 0.6) is 5.75 Å². The summed E-state index contributed by atoms with van der Waals surface area (Å²) in [6, 6.07) is 24.5. The molecule has 0 spiro atoms. The molecule has 238 valence electrons. The number of aromatic nitrogens is 5. The Balaban J connectivity index is 1.20. The summed E-state index contributed by atoms with van der Waals surface area (Å²) in [6.07, 6.45) is 7.09. The molecule has 0 aliphatic heterocycles. The van der Waals surface area contributed by atoms with Gasteiger partial charge in [0.05, 0.1) is 23.3 Å². The highest BCUT2D eigenvalue weighted by atomic mass is 16.5. The predicted molar refractivity (Wildman–Crippen MR) is 184 cm³/mol. The molecule has 2 amide bonds. The molecule has 4 N–H and O–H groups in total. The first kappa shape index (κ1) is 31.2. The van der Waals surface area contributed by atoms with Crippen molar-refractivity contribution in [3.63, 3.8) is 0 Å². The molecule has 3 aromatic carbocycles. The molecule has 47 heavy (non-hydrogen) atoms. The fourth-order valence-electron chi connectivity index (χ4n) is 5.07. The lowest BCUT2D eigenvalue weighted by Gasteiger charge is -2.15. The number of hydrogen-bond donors (Lipinski definition) is 4. The summed E-state index contributed by atoms with van der Waals surface area (Å²) < 4.78 is 7.98. The number of amides is 2. The quantitative estimate of drug-likeness (QED) is 0.127. The van der Waals surface area contributed by atoms with Crippen molar-refractivity contribution in [3.8, 4) is 11.4 Å². The van der Waals surface area contributed by atoms with Gasteiger partial charge in [0.15, 0.2) is 0 Å². The Morgan fingerprint density at radius 1 is 0.851 bits per heavy atom. The van der Waals surface area contributed by atoms with Crippen molar-refractivity contribution in [1.29, 1.82) is 0 Å². The van der Waals surface area contributed by atoms with Gasteiger partial charge in [-0.15, -0.1) is 0 Å². The molecule has 0 fully saturated rings. The zero-order chi connectivity index (χ0) is 32.8. The van der Waals surface area contributed by atoms with Crippen molar-refractivity contribution in [1.82, 2.24) is 24.7 Å². The minimum atomic E-state index is -0.406. The van der Waals surface area contributed by atoms with Crippen LogP contribution >= 0.6 is 0 Å². The van der Waals surface area contributed by atoms with E-state index in [0.29, 0.717) is 41.9 Å². The van der Waals surface area contributed by atoms with Gasteiger partial charge in [-0.3, -0.25) is 10.3 Å². The average Bonchev–Trinajstić information content (AvgIpc) is 3.50. The second kappa shape index (κ2) is 13.7. The zero-order valence-corrected chi connectivity index (χ0v) is 26.4. The summed E-state index contributed by atoms with van der Waals surface area (Å²) in [5.74, 6) is 2.45. The van der Waals surface area contributed by atoms with Gasteiger partial charge in [-0.2, -0.15) is 5.10 Å². The number of ether oxygens (including phenoxy) is 1. The summed E-state index contributed by atoms with van der Waals surface area (Å²) in [5, 5.41) is 25.1. The van der Waals surface area contributed by atoms with E-state index < -0.39 is 6.03 Å². The van der Waals surface area contributed by atoms with Crippen LogP contribution in [0.3, 0.4) is 0 Å². The smallest absolute Gasteiger partial charge is 0.324 e. The Bertz CT molecular complexity index is 2000. The molecule has 0 aliphatic carbocycles. The first-order valence-corrected chi connectivity index (χ1v) is 15.3. The van der Waals surface area contributed by atoms with Crippen LogP contribution in [-0.4, -0.2) is 42.5 Å². The van der Waals surface area contributed by atoms with E-state index in [2.05, 4.69) is 51.7 Å². The highest BCUT2D eigenvalue weighted by molar-refractivity contribution is 6.07. The van der Waals surface area contributed by atoms with E-state index >= 15 is 0 Å². The van der Waals surface area contributed by atoms with E-state index in [0.717, 1.165) is 33.3 Å². The van der Waals surface area contributed by atoms with E-state index in [1.54, 1.807) is 29.5 Å². The Morgan fingerprint density at radius 2 is 1.68 bits per heavy atom. The molecule has 6 aromatic rings. The van der Waals surface area contributed by atoms with E-state index in [9.17, 15) is 9.90 Å². The maximum atomic E-state index is 13.4. The molecule has 0 aliphatic rings. The highest BCUT2D eigenvalue weighted by Gasteiger charge is 2.22. The topological polar surface area (TPSA) is 139 Å². The minimum Gasteiger partial charge on any atom is -0.488 e. The number of nitrogens with zero attached hydrogens (tertiary/aromatic N) is 5. The molecule has 0 saturated carbocycles. The number of urea groups is 1. The Kier molecular flexibility index (Phi) is 9.07. The molecule has 3 aromatic heterocycles. The second-order valence-electron chi connectivity index (χ2n) is 12.0. The van der Waals surface area contributed by atoms with Crippen molar-refractivity contribution in [2.75, 3.05) is 22.6 Å². The number of carbonyl (C=O) groups is 1. The summed E-state index contributed by atoms with van der Waals surface area (Å²) in [4.78, 5) is 26.1.